The molecule has 0 atom stereocenters. The molecule has 5 aromatic rings. The standard InChI is InChI=1S/C28H26N4O3/c1-17-25(18(2)35-31-17)21-14-23-26(30-15-21)22(19-9-11-20(12-10-19)27(33)34-5)16-32(23)28(3,4)24-8-6-7-13-29-24/h6-16H,1-5H3. The van der Waals surface area contributed by atoms with Crippen molar-refractivity contribution in [3.05, 3.63) is 89.8 Å². The molecule has 7 nitrogen and oxygen atoms in total. The van der Waals surface area contributed by atoms with Crippen LogP contribution in [0.25, 0.3) is 33.3 Å². The molecule has 1 aromatic carbocycles. The lowest BCUT2D eigenvalue weighted by molar-refractivity contribution is 0.0600. The number of aromatic nitrogens is 4. The largest absolute Gasteiger partial charge is 0.465 e. The molecule has 7 heteroatoms. The highest BCUT2D eigenvalue weighted by Gasteiger charge is 2.28. The van der Waals surface area contributed by atoms with Gasteiger partial charge in [-0.15, -0.1) is 0 Å². The summed E-state index contributed by atoms with van der Waals surface area (Å²) in [7, 11) is 1.38. The van der Waals surface area contributed by atoms with E-state index >= 15 is 0 Å². The van der Waals surface area contributed by atoms with Crippen LogP contribution in [-0.2, 0) is 10.3 Å². The van der Waals surface area contributed by atoms with E-state index < -0.39 is 5.54 Å². The molecule has 0 aliphatic carbocycles. The second-order valence-corrected chi connectivity index (χ2v) is 9.05. The summed E-state index contributed by atoms with van der Waals surface area (Å²) in [5, 5.41) is 4.12. The fraction of sp³-hybridized carbons (Fsp3) is 0.214. The van der Waals surface area contributed by atoms with Crippen molar-refractivity contribution in [2.75, 3.05) is 7.11 Å². The Kier molecular flexibility index (Phi) is 5.47. The maximum absolute atomic E-state index is 11.9. The molecule has 0 fully saturated rings. The number of methoxy groups -OCH3 is 1. The van der Waals surface area contributed by atoms with Gasteiger partial charge in [-0.1, -0.05) is 23.4 Å². The zero-order valence-electron chi connectivity index (χ0n) is 20.4. The Balaban J connectivity index is 1.74. The Bertz CT molecular complexity index is 1510. The highest BCUT2D eigenvalue weighted by Crippen LogP contribution is 2.38. The summed E-state index contributed by atoms with van der Waals surface area (Å²) >= 11 is 0. The molecular formula is C28H26N4O3. The topological polar surface area (TPSA) is 83.0 Å². The van der Waals surface area contributed by atoms with Gasteiger partial charge >= 0.3 is 5.97 Å². The van der Waals surface area contributed by atoms with E-state index in [-0.39, 0.29) is 5.97 Å². The summed E-state index contributed by atoms with van der Waals surface area (Å²) in [6, 6.07) is 15.5. The Morgan fingerprint density at radius 1 is 1.03 bits per heavy atom. The third kappa shape index (κ3) is 3.79. The smallest absolute Gasteiger partial charge is 0.337 e. The normalized spacial score (nSPS) is 11.7. The first-order chi connectivity index (χ1) is 16.8. The summed E-state index contributed by atoms with van der Waals surface area (Å²) in [5.41, 5.74) is 7.44. The first-order valence-corrected chi connectivity index (χ1v) is 11.4. The van der Waals surface area contributed by atoms with Gasteiger partial charge in [0.25, 0.3) is 0 Å². The van der Waals surface area contributed by atoms with Crippen LogP contribution in [0.5, 0.6) is 0 Å². The number of carbonyl (C=O) groups excluding carboxylic acids is 1. The van der Waals surface area contributed by atoms with E-state index in [4.69, 9.17) is 14.2 Å². The molecule has 0 spiro atoms. The molecule has 4 aromatic heterocycles. The predicted octanol–water partition coefficient (Wildman–Crippen LogP) is 5.94. The van der Waals surface area contributed by atoms with Crippen molar-refractivity contribution in [1.29, 1.82) is 0 Å². The number of hydrogen-bond acceptors (Lipinski definition) is 6. The van der Waals surface area contributed by atoms with Gasteiger partial charge in [0.15, 0.2) is 0 Å². The number of hydrogen-bond donors (Lipinski definition) is 0. The Morgan fingerprint density at radius 2 is 1.80 bits per heavy atom. The second kappa shape index (κ2) is 8.51. The lowest BCUT2D eigenvalue weighted by atomic mass is 9.99. The molecule has 0 amide bonds. The fourth-order valence-electron chi connectivity index (χ4n) is 4.56. The number of rotatable bonds is 5. The van der Waals surface area contributed by atoms with E-state index in [0.717, 1.165) is 50.4 Å². The summed E-state index contributed by atoms with van der Waals surface area (Å²) in [4.78, 5) is 21.4. The van der Waals surface area contributed by atoms with Crippen molar-refractivity contribution < 1.29 is 14.1 Å². The molecule has 0 saturated carbocycles. The van der Waals surface area contributed by atoms with Gasteiger partial charge in [0.1, 0.15) is 5.76 Å². The second-order valence-electron chi connectivity index (χ2n) is 9.05. The predicted molar refractivity (Wildman–Crippen MR) is 134 cm³/mol. The number of ether oxygens (including phenoxy) is 1. The summed E-state index contributed by atoms with van der Waals surface area (Å²) in [5.74, 6) is 0.391. The van der Waals surface area contributed by atoms with E-state index in [9.17, 15) is 4.79 Å². The summed E-state index contributed by atoms with van der Waals surface area (Å²) < 4.78 is 12.5. The lowest BCUT2D eigenvalue weighted by Gasteiger charge is -2.27. The van der Waals surface area contributed by atoms with E-state index in [2.05, 4.69) is 40.8 Å². The minimum absolute atomic E-state index is 0.363. The molecule has 0 saturated heterocycles. The highest BCUT2D eigenvalue weighted by atomic mass is 16.5. The van der Waals surface area contributed by atoms with Gasteiger partial charge in [-0.05, 0) is 63.6 Å². The van der Waals surface area contributed by atoms with E-state index in [1.807, 2.05) is 56.6 Å². The molecule has 0 aliphatic rings. The first kappa shape index (κ1) is 22.5. The van der Waals surface area contributed by atoms with Crippen LogP contribution in [0.1, 0.15) is 41.4 Å². The van der Waals surface area contributed by atoms with Crippen molar-refractivity contribution >= 4 is 17.0 Å². The van der Waals surface area contributed by atoms with Gasteiger partial charge in [0.2, 0.25) is 0 Å². The quantitative estimate of drug-likeness (QED) is 0.298. The number of pyridine rings is 2. The minimum atomic E-state index is -0.456. The molecule has 176 valence electrons. The summed E-state index contributed by atoms with van der Waals surface area (Å²) in [6.07, 6.45) is 5.78. The van der Waals surface area contributed by atoms with Gasteiger partial charge in [0, 0.05) is 35.3 Å². The molecule has 0 N–H and O–H groups in total. The maximum Gasteiger partial charge on any atom is 0.337 e. The molecule has 4 heterocycles. The number of carbonyl (C=O) groups is 1. The van der Waals surface area contributed by atoms with Gasteiger partial charge in [-0.2, -0.15) is 0 Å². The van der Waals surface area contributed by atoms with Crippen molar-refractivity contribution in [2.24, 2.45) is 0 Å². The Labute approximate surface area is 203 Å². The third-order valence-corrected chi connectivity index (χ3v) is 6.47. The van der Waals surface area contributed by atoms with Crippen molar-refractivity contribution in [2.45, 2.75) is 33.2 Å². The minimum Gasteiger partial charge on any atom is -0.465 e. The van der Waals surface area contributed by atoms with Crippen molar-refractivity contribution in [3.8, 4) is 22.3 Å². The van der Waals surface area contributed by atoms with E-state index in [0.29, 0.717) is 5.56 Å². The van der Waals surface area contributed by atoms with Crippen LogP contribution in [0.4, 0.5) is 0 Å². The molecule has 35 heavy (non-hydrogen) atoms. The fourth-order valence-corrected chi connectivity index (χ4v) is 4.56. The van der Waals surface area contributed by atoms with Crippen molar-refractivity contribution in [3.63, 3.8) is 0 Å². The summed E-state index contributed by atoms with van der Waals surface area (Å²) in [6.45, 7) is 8.12. The van der Waals surface area contributed by atoms with Crippen LogP contribution in [0.2, 0.25) is 0 Å². The van der Waals surface area contributed by atoms with Crippen LogP contribution >= 0.6 is 0 Å². The van der Waals surface area contributed by atoms with Crippen LogP contribution < -0.4 is 0 Å². The number of nitrogens with zero attached hydrogens (tertiary/aromatic N) is 4. The van der Waals surface area contributed by atoms with E-state index in [1.165, 1.54) is 7.11 Å². The van der Waals surface area contributed by atoms with Gasteiger partial charge in [-0.25, -0.2) is 4.79 Å². The Morgan fingerprint density at radius 3 is 2.43 bits per heavy atom. The van der Waals surface area contributed by atoms with Gasteiger partial charge in [0.05, 0.1) is 40.6 Å². The average Bonchev–Trinajstić information content (AvgIpc) is 3.43. The third-order valence-electron chi connectivity index (χ3n) is 6.47. The Hall–Kier alpha value is -4.26. The molecule has 0 aliphatic heterocycles. The van der Waals surface area contributed by atoms with Crippen LogP contribution in [0, 0.1) is 13.8 Å². The molecule has 0 bridgehead atoms. The average molecular weight is 467 g/mol. The molecule has 0 unspecified atom stereocenters. The maximum atomic E-state index is 11.9. The van der Waals surface area contributed by atoms with Gasteiger partial charge in [-0.3, -0.25) is 9.97 Å². The van der Waals surface area contributed by atoms with Crippen LogP contribution in [0.15, 0.2) is 71.6 Å². The lowest BCUT2D eigenvalue weighted by Crippen LogP contribution is -2.28. The van der Waals surface area contributed by atoms with Crippen LogP contribution in [-0.4, -0.2) is 32.8 Å². The first-order valence-electron chi connectivity index (χ1n) is 11.4. The molecule has 5 rings (SSSR count). The number of aryl methyl sites for hydroxylation is 2. The number of fused-ring (bicyclic) bond motifs is 1. The highest BCUT2D eigenvalue weighted by molar-refractivity contribution is 5.96. The number of benzene rings is 1. The van der Waals surface area contributed by atoms with Gasteiger partial charge < -0.3 is 13.8 Å². The molecular weight excluding hydrogens is 440 g/mol. The zero-order chi connectivity index (χ0) is 24.7. The van der Waals surface area contributed by atoms with Crippen LogP contribution in [0.3, 0.4) is 0 Å². The monoisotopic (exact) mass is 466 g/mol. The van der Waals surface area contributed by atoms with E-state index in [1.54, 1.807) is 12.1 Å². The molecule has 0 radical (unpaired) electrons. The number of esters is 1. The SMILES string of the molecule is COC(=O)c1ccc(-c2cn(C(C)(C)c3ccccn3)c3cc(-c4c(C)noc4C)cnc23)cc1. The zero-order valence-corrected chi connectivity index (χ0v) is 20.4. The van der Waals surface area contributed by atoms with Crippen molar-refractivity contribution in [1.82, 2.24) is 19.7 Å².